The molecule has 44 nitrogen and oxygen atoms in total. The smallest absolute Gasteiger partial charge is 0.493 e. The first kappa shape index (κ1) is 132. The van der Waals surface area contributed by atoms with Gasteiger partial charge in [-0.2, -0.15) is 94.9 Å². The fraction of sp³-hybridized carbons (Fsp3) is 0.810. The summed E-state index contributed by atoms with van der Waals surface area (Å²) in [5.74, 6) is 0. The number of nitrogens with two attached hydrogens (primary N) is 3. The number of alkyl halides is 6. The number of hydrogen-bond acceptors (Lipinski definition) is 32. The van der Waals surface area contributed by atoms with E-state index in [0.29, 0.717) is 45.3 Å². The van der Waals surface area contributed by atoms with Crippen LogP contribution in [0.25, 0.3) is 0 Å². The summed E-state index contributed by atoms with van der Waals surface area (Å²) in [7, 11) is -7.80. The molecular weight excluding hydrogens is 1830 g/mol. The van der Waals surface area contributed by atoms with E-state index in [2.05, 4.69) is 61.0 Å². The lowest BCUT2D eigenvalue weighted by Crippen LogP contribution is -2.52. The van der Waals surface area contributed by atoms with Crippen molar-refractivity contribution in [2.24, 2.45) is 24.8 Å². The largest absolute Gasteiger partial charge is 0.594 e. The van der Waals surface area contributed by atoms with Crippen molar-refractivity contribution in [2.45, 2.75) is 223 Å². The quantitative estimate of drug-likeness (QED) is 0.0198. The third-order valence-electron chi connectivity index (χ3n) is 11.8. The molecule has 3 aliphatic carbocycles. The third kappa shape index (κ3) is 96.3. The van der Waals surface area contributed by atoms with E-state index in [1.54, 1.807) is 121 Å². The van der Waals surface area contributed by atoms with Crippen molar-refractivity contribution in [1.82, 2.24) is 52.2 Å². The molecule has 1 aromatic rings. The molecule has 0 bridgehead atoms. The molecule has 3 saturated carbocycles. The summed E-state index contributed by atoms with van der Waals surface area (Å²) in [5, 5.41) is 32.8. The number of nitrogens with one attached hydrogen (secondary N) is 6. The number of nitrogens with zero attached hydrogens (tertiary/aromatic N) is 9. The number of ether oxygens (including phenoxy) is 4. The lowest BCUT2D eigenvalue weighted by Gasteiger charge is -2.31. The van der Waals surface area contributed by atoms with Gasteiger partial charge in [-0.1, -0.05) is 55.8 Å². The van der Waals surface area contributed by atoms with Gasteiger partial charge in [-0.25, -0.2) is 43.6 Å². The Hall–Kier alpha value is -5.92. The number of aliphatic hydroxyl groups is 1. The van der Waals surface area contributed by atoms with Crippen molar-refractivity contribution < 1.29 is 147 Å². The van der Waals surface area contributed by atoms with Gasteiger partial charge in [-0.3, -0.25) is 9.59 Å². The molecule has 0 spiro atoms. The molecule has 59 heteroatoms. The van der Waals surface area contributed by atoms with Crippen LogP contribution in [-0.2, 0) is 103 Å². The minimum atomic E-state index is -4.64. The Bertz CT molecular complexity index is 4100. The fourth-order valence-electron chi connectivity index (χ4n) is 6.43. The standard InChI is InChI=1S/C12H19N3O4S.C10H21N3O4S.C8H16N2O4S.C5H10ClNO4S.C5H13N3O2S.C5H12N2.C4H10O.C3H8N2O2S.C3H7N.2C2HF3O.CClNO3S.3CH4/c1-12(2,3)19-11(16)13-20(17,18)15-8-6-10(7-9-15)14(4)5;1-10(2,3)17-9(14)11-18(15,16)13-7-5-12(4)6-8-13;1-8(2,3)14-7(11)10-15(12,13)9-6-4-5-6;1-5(2,3)11-4(8)7-12(6,9)10;1-7-2-4-8(5-3-7)11(6,9)10;1-7-4-2-6-3-5-7;1-4(2,3)5;4-8(6,7)5-3-1-2-3;4-3-1-2-3;2*3-2(4,5)1-6;2-7(5,6)3-1-4;;;/h6-9H,1-5H3;5-8H2,1-4H3,(H,11,14);6,9H,4-5H2,1-3H3,(H,10,11);1-3H3,(H,7,8);2-5H2,1H3,(H2,6,9,10);6H,2-5H2,1H3;5H,1-3H3;3,5H,1-2H2,(H2,4,6,7);3H,1-2,4H2;2*1H;;3*1H4. The molecule has 4 heterocycles. The molecule has 6 fully saturated rings. The molecular formula is C63H130Cl2F6N18O26S7. The average molecular weight is 1970 g/mol. The number of aldehydes is 2. The molecule has 0 unspecified atom stereocenters. The predicted octanol–water partition coefficient (Wildman–Crippen LogP) is 2.16. The summed E-state index contributed by atoms with van der Waals surface area (Å²) < 4.78 is 252. The van der Waals surface area contributed by atoms with E-state index in [9.17, 15) is 105 Å². The summed E-state index contributed by atoms with van der Waals surface area (Å²) in [6.07, 6.45) is -6.12. The third-order valence-corrected chi connectivity index (χ3v) is 18.4. The predicted molar refractivity (Wildman–Crippen MR) is 448 cm³/mol. The first-order valence-corrected chi connectivity index (χ1v) is 46.7. The van der Waals surface area contributed by atoms with Crippen molar-refractivity contribution >= 4 is 140 Å². The summed E-state index contributed by atoms with van der Waals surface area (Å²) in [6.45, 7) is 34.3. The number of pyridine rings is 1. The zero-order valence-electron chi connectivity index (χ0n) is 69.7. The molecule has 3 amide bonds. The number of isocyanates is 1. The Morgan fingerprint density at radius 2 is 0.869 bits per heavy atom. The van der Waals surface area contributed by atoms with Crippen LogP contribution in [0.15, 0.2) is 33.3 Å². The van der Waals surface area contributed by atoms with Crippen LogP contribution in [0.4, 0.5) is 46.4 Å². The Morgan fingerprint density at radius 3 is 1.10 bits per heavy atom. The van der Waals surface area contributed by atoms with Gasteiger partial charge in [-0.15, -0.1) is 8.42 Å². The molecule has 3 aliphatic heterocycles. The van der Waals surface area contributed by atoms with E-state index in [1.807, 2.05) is 42.7 Å². The molecule has 0 atom stereocenters. The van der Waals surface area contributed by atoms with Crippen LogP contribution in [0, 0.1) is 0 Å². The molecule has 6 aliphatic rings. The Kier molecular flexibility index (Phi) is 63.0. The highest BCUT2D eigenvalue weighted by Gasteiger charge is 2.33. The van der Waals surface area contributed by atoms with Gasteiger partial charge in [0.2, 0.25) is 12.6 Å². The molecule has 1 aromatic heterocycles. The second-order valence-electron chi connectivity index (χ2n) is 30.3. The fourth-order valence-corrected chi connectivity index (χ4v) is 11.2. The zero-order chi connectivity index (χ0) is 94.8. The topological polar surface area (TPSA) is 620 Å². The van der Waals surface area contributed by atoms with Crippen LogP contribution in [0.1, 0.15) is 165 Å². The van der Waals surface area contributed by atoms with E-state index in [0.717, 1.165) is 67.6 Å². The second kappa shape index (κ2) is 58.4. The average Bonchev–Trinajstić information content (AvgIpc) is 1.12. The molecule has 7 rings (SSSR count). The van der Waals surface area contributed by atoms with Crippen LogP contribution in [-0.4, -0.2) is 303 Å². The van der Waals surface area contributed by atoms with Crippen molar-refractivity contribution in [1.29, 1.82) is 0 Å². The van der Waals surface area contributed by atoms with E-state index in [1.165, 1.54) is 51.7 Å². The van der Waals surface area contributed by atoms with Crippen molar-refractivity contribution in [3.63, 3.8) is 0 Å². The first-order chi connectivity index (χ1) is 52.9. The number of likely N-dealkylation sites (N-methyl/N-ethyl adjacent to an activating group) is 3. The number of anilines is 1. The second-order valence-corrected chi connectivity index (χ2v) is 42.3. The maximum absolute atomic E-state index is 11.9. The molecule has 0 radical (unpaired) electrons. The van der Waals surface area contributed by atoms with Gasteiger partial charge in [-0.05, 0) is 143 Å². The van der Waals surface area contributed by atoms with Crippen LogP contribution in [0.3, 0.4) is 0 Å². The van der Waals surface area contributed by atoms with Gasteiger partial charge in [0.1, 0.15) is 16.8 Å². The summed E-state index contributed by atoms with van der Waals surface area (Å²) in [4.78, 5) is 68.0. The number of carbonyl (C=O) groups is 5. The Balaban J connectivity index is -0.000000199. The summed E-state index contributed by atoms with van der Waals surface area (Å²) in [6, 6.07) is 3.87. The SMILES string of the molecule is C.C.C.CC(C)(C)O.CC(C)(C)OC(=O)NS(=O)(=O)Cl.CC(C)(C)OC(=O)NS(=O)(=O)NC1CC1.CN(C)c1cc[n+](S(=O)(=O)N=C([O-])OC(C)(C)C)cc1.CN1CCN(S(=O)(=O)NC(=O)OC(C)(C)C)CC1.CN1CCN(S(N)(=O)=O)CC1.CN1CCNCC1.NC1CC1.NS(=O)(=O)NC1CC1.O=C=NS(=O)(=O)Cl.O=CC(F)(F)F.O=CC(F)(F)F. The molecule has 122 heavy (non-hydrogen) atoms. The van der Waals surface area contributed by atoms with Gasteiger partial charge in [0.05, 0.1) is 5.60 Å². The number of carbonyl (C=O) groups excluding carboxylic acids is 6. The number of piperazine rings is 3. The minimum Gasteiger partial charge on any atom is -0.594 e. The molecule has 13 N–H and O–H groups in total. The Labute approximate surface area is 725 Å². The minimum absolute atomic E-state index is 0. The summed E-state index contributed by atoms with van der Waals surface area (Å²) in [5.41, 5.74) is 2.58. The van der Waals surface area contributed by atoms with Crippen LogP contribution < -0.4 is 58.9 Å². The highest BCUT2D eigenvalue weighted by atomic mass is 35.7. The number of aromatic nitrogens is 1. The maximum atomic E-state index is 11.9. The van der Waals surface area contributed by atoms with Crippen molar-refractivity contribution in [2.75, 3.05) is 119 Å². The number of halogens is 8. The Morgan fingerprint density at radius 1 is 0.566 bits per heavy atom. The molecule has 726 valence electrons. The number of rotatable bonds is 13. The zero-order valence-corrected chi connectivity index (χ0v) is 76.9. The van der Waals surface area contributed by atoms with Gasteiger partial charge in [0.15, 0.2) is 18.5 Å². The lowest BCUT2D eigenvalue weighted by molar-refractivity contribution is -0.511. The van der Waals surface area contributed by atoms with Gasteiger partial charge < -0.3 is 59.8 Å². The van der Waals surface area contributed by atoms with Gasteiger partial charge >= 0.3 is 79.7 Å². The number of hydrogen-bond donors (Lipinski definition) is 10. The molecule has 0 aromatic carbocycles. The van der Waals surface area contributed by atoms with Crippen LogP contribution in [0.5, 0.6) is 0 Å². The summed E-state index contributed by atoms with van der Waals surface area (Å²) >= 11 is 0. The van der Waals surface area contributed by atoms with Crippen LogP contribution >= 0.6 is 21.4 Å². The monoisotopic (exact) mass is 1960 g/mol. The van der Waals surface area contributed by atoms with E-state index < -0.39 is 147 Å². The van der Waals surface area contributed by atoms with E-state index >= 15 is 0 Å². The molecule has 3 saturated heterocycles. The van der Waals surface area contributed by atoms with E-state index in [4.69, 9.17) is 55.3 Å². The first-order valence-electron chi connectivity index (χ1n) is 34.8. The van der Waals surface area contributed by atoms with E-state index in [-0.39, 0.29) is 34.4 Å². The lowest BCUT2D eigenvalue weighted by atomic mass is 10.2. The number of amides is 3. The maximum Gasteiger partial charge on any atom is 0.493 e. The highest BCUT2D eigenvalue weighted by molar-refractivity contribution is 8.13. The van der Waals surface area contributed by atoms with Gasteiger partial charge in [0, 0.05) is 156 Å². The normalized spacial score (nSPS) is 16.4. The highest BCUT2D eigenvalue weighted by Crippen LogP contribution is 2.21. The van der Waals surface area contributed by atoms with Crippen molar-refractivity contribution in [3.8, 4) is 0 Å². The van der Waals surface area contributed by atoms with Gasteiger partial charge in [0.25, 0.3) is 26.5 Å². The van der Waals surface area contributed by atoms with Crippen molar-refractivity contribution in [3.05, 3.63) is 24.5 Å². The van der Waals surface area contributed by atoms with Crippen LogP contribution in [0.2, 0.25) is 0 Å².